The van der Waals surface area contributed by atoms with Gasteiger partial charge in [-0.3, -0.25) is 18.8 Å². The van der Waals surface area contributed by atoms with Gasteiger partial charge in [-0.15, -0.1) is 0 Å². The highest BCUT2D eigenvalue weighted by Crippen LogP contribution is 2.46. The van der Waals surface area contributed by atoms with Crippen LogP contribution in [0.15, 0.2) is 61.2 Å². The molecule has 3 saturated heterocycles. The van der Waals surface area contributed by atoms with Crippen LogP contribution in [0, 0.1) is 0 Å². The highest BCUT2D eigenvalue weighted by molar-refractivity contribution is 8.00. The Morgan fingerprint density at radius 1 is 1.02 bits per heavy atom. The van der Waals surface area contributed by atoms with Crippen molar-refractivity contribution in [2.75, 3.05) is 31.2 Å². The standard InChI is InChI=1S/C39H46N9O12PS/c40-34-31-35(43-18-42-34)48(19-44-31)36-33(51)32(50)27(59-36)16-58-61(55,56)60-37(52)25(13-14-41-29(49)12-6-5-11-28-30-26(17-62-28)45-38(53)47-30)46-39(54)57-15-24-22-9-3-1-7-20(22)21-8-2-4-10-23(21)24/h1-4,7-10,18-19,24-28,30,32-33,36,50-51H,5-6,11-17H2,(H,41,49)(H,46,54)(H,55,56)(H2,40,42,43)(H2,45,47,53)/t25-,26-,27+,28-,30-,32?,33-,36+/m0/s1. The zero-order chi connectivity index (χ0) is 43.5. The van der Waals surface area contributed by atoms with Crippen LogP contribution < -0.4 is 27.0 Å². The van der Waals surface area contributed by atoms with Crippen LogP contribution in [0.2, 0.25) is 0 Å². The number of hydrogen-bond donors (Lipinski definition) is 8. The number of amides is 4. The number of nitrogens with two attached hydrogens (primary N) is 1. The smallest absolute Gasteiger partial charge is 0.449 e. The number of fused-ring (bicyclic) bond motifs is 5. The highest BCUT2D eigenvalue weighted by Gasteiger charge is 2.46. The number of nitrogens with zero attached hydrogens (tertiary/aromatic N) is 4. The van der Waals surface area contributed by atoms with E-state index in [0.717, 1.165) is 40.8 Å². The molecule has 0 spiro atoms. The first-order chi connectivity index (χ1) is 29.9. The largest absolute Gasteiger partial charge is 0.529 e. The number of ether oxygens (including phenoxy) is 2. The van der Waals surface area contributed by atoms with Gasteiger partial charge < -0.3 is 51.2 Å². The number of rotatable bonds is 17. The maximum absolute atomic E-state index is 13.5. The summed E-state index contributed by atoms with van der Waals surface area (Å²) in [5, 5.41) is 32.7. The lowest BCUT2D eigenvalue weighted by Gasteiger charge is -2.21. The molecule has 4 aliphatic rings. The van der Waals surface area contributed by atoms with Gasteiger partial charge in [-0.1, -0.05) is 55.0 Å². The number of carbonyl (C=O) groups is 4. The Balaban J connectivity index is 0.861. The number of aromatic nitrogens is 4. The molecule has 4 aromatic rings. The first kappa shape index (κ1) is 43.3. The van der Waals surface area contributed by atoms with E-state index in [0.29, 0.717) is 6.42 Å². The van der Waals surface area contributed by atoms with Crippen molar-refractivity contribution in [1.82, 2.24) is 40.8 Å². The Bertz CT molecular complexity index is 2330. The van der Waals surface area contributed by atoms with Crippen molar-refractivity contribution in [1.29, 1.82) is 0 Å². The quantitative estimate of drug-likeness (QED) is 0.0426. The molecule has 2 unspecified atom stereocenters. The molecule has 0 radical (unpaired) electrons. The molecule has 8 rings (SSSR count). The number of aliphatic hydroxyl groups excluding tert-OH is 2. The predicted octanol–water partition coefficient (Wildman–Crippen LogP) is 1.83. The maximum atomic E-state index is 13.5. The number of imidazole rings is 1. The Morgan fingerprint density at radius 3 is 2.52 bits per heavy atom. The number of aliphatic hydroxyl groups is 2. The summed E-state index contributed by atoms with van der Waals surface area (Å²) in [4.78, 5) is 73.9. The number of carbonyl (C=O) groups excluding carboxylic acids is 4. The van der Waals surface area contributed by atoms with Crippen molar-refractivity contribution in [3.8, 4) is 11.1 Å². The van der Waals surface area contributed by atoms with Crippen LogP contribution in [0.5, 0.6) is 0 Å². The number of benzene rings is 2. The predicted molar refractivity (Wildman–Crippen MR) is 221 cm³/mol. The van der Waals surface area contributed by atoms with Gasteiger partial charge in [-0.2, -0.15) is 11.8 Å². The Hall–Kier alpha value is -5.35. The number of nitrogen functional groups attached to an aromatic ring is 1. The van der Waals surface area contributed by atoms with Crippen LogP contribution in [-0.4, -0.2) is 126 Å². The minimum Gasteiger partial charge on any atom is -0.449 e. The van der Waals surface area contributed by atoms with Crippen molar-refractivity contribution in [3.63, 3.8) is 0 Å². The molecular formula is C39H46N9O12PS. The van der Waals surface area contributed by atoms with Crippen molar-refractivity contribution in [3.05, 3.63) is 72.3 Å². The number of urea groups is 1. The molecule has 62 heavy (non-hydrogen) atoms. The Kier molecular flexibility index (Phi) is 13.0. The lowest BCUT2D eigenvalue weighted by molar-refractivity contribution is -0.139. The van der Waals surface area contributed by atoms with E-state index in [1.165, 1.54) is 17.2 Å². The van der Waals surface area contributed by atoms with Gasteiger partial charge in [0.05, 0.1) is 25.0 Å². The molecule has 2 aromatic heterocycles. The lowest BCUT2D eigenvalue weighted by atomic mass is 9.98. The van der Waals surface area contributed by atoms with Crippen LogP contribution in [0.1, 0.15) is 55.4 Å². The number of anilines is 1. The van der Waals surface area contributed by atoms with E-state index in [1.807, 2.05) is 48.5 Å². The lowest BCUT2D eigenvalue weighted by Crippen LogP contribution is -2.44. The highest BCUT2D eigenvalue weighted by atomic mass is 32.2. The molecule has 0 bridgehead atoms. The summed E-state index contributed by atoms with van der Waals surface area (Å²) < 4.78 is 35.7. The summed E-state index contributed by atoms with van der Waals surface area (Å²) in [6.07, 6.45) is -2.31. The molecule has 330 valence electrons. The molecule has 5 heterocycles. The maximum Gasteiger partial charge on any atom is 0.529 e. The second-order valence-corrected chi connectivity index (χ2v) is 18.0. The summed E-state index contributed by atoms with van der Waals surface area (Å²) in [7, 11) is -5.25. The third-order valence-electron chi connectivity index (χ3n) is 11.4. The molecule has 3 fully saturated rings. The topological polar surface area (TPSA) is 301 Å². The average molecular weight is 896 g/mol. The molecule has 1 aliphatic carbocycles. The van der Waals surface area contributed by atoms with Gasteiger partial charge in [-0.25, -0.2) is 33.9 Å². The SMILES string of the molecule is Nc1ncnc2c1ncn2[C@@H]1O[C@H](COP(=O)(O)OC(=O)[C@H](CCNC(=O)CCCC[C@@H]2SC[C@@H]3NC(=O)N[C@@H]32)NC(=O)OCC2c3ccccc3-c3ccccc32)C(O)[C@@H]1O. The third-order valence-corrected chi connectivity index (χ3v) is 13.8. The fourth-order valence-electron chi connectivity index (χ4n) is 8.27. The molecule has 3 aliphatic heterocycles. The van der Waals surface area contributed by atoms with Crippen molar-refractivity contribution < 1.29 is 57.4 Å². The summed E-state index contributed by atoms with van der Waals surface area (Å²) in [5.74, 6) is -1.07. The van der Waals surface area contributed by atoms with Crippen molar-refractivity contribution >= 4 is 60.6 Å². The van der Waals surface area contributed by atoms with Gasteiger partial charge in [0.1, 0.15) is 42.8 Å². The molecule has 23 heteroatoms. The monoisotopic (exact) mass is 895 g/mol. The van der Waals surface area contributed by atoms with Crippen LogP contribution in [0.25, 0.3) is 22.3 Å². The fourth-order valence-corrected chi connectivity index (χ4v) is 10.6. The molecule has 4 amide bonds. The number of alkyl carbamates (subject to hydrolysis) is 1. The van der Waals surface area contributed by atoms with E-state index >= 15 is 0 Å². The number of nitrogens with one attached hydrogen (secondary N) is 4. The first-order valence-corrected chi connectivity index (χ1v) is 22.6. The normalized spacial score (nSPS) is 25.2. The van der Waals surface area contributed by atoms with E-state index in [4.69, 9.17) is 24.3 Å². The van der Waals surface area contributed by atoms with Crippen LogP contribution in [-0.2, 0) is 32.7 Å². The fraction of sp³-hybridized carbons (Fsp3) is 0.462. The molecule has 21 nitrogen and oxygen atoms in total. The molecule has 2 aromatic carbocycles. The van der Waals surface area contributed by atoms with Gasteiger partial charge in [0, 0.05) is 29.9 Å². The average Bonchev–Trinajstić information content (AvgIpc) is 4.06. The number of unbranched alkanes of at least 4 members (excludes halogenated alkanes) is 1. The zero-order valence-corrected chi connectivity index (χ0v) is 34.8. The Morgan fingerprint density at radius 2 is 1.76 bits per heavy atom. The number of phosphoric ester groups is 1. The summed E-state index contributed by atoms with van der Waals surface area (Å²) in [5.41, 5.74) is 10.2. The van der Waals surface area contributed by atoms with E-state index in [2.05, 4.69) is 36.2 Å². The van der Waals surface area contributed by atoms with Gasteiger partial charge in [0.15, 0.2) is 17.7 Å². The number of thioether (sulfide) groups is 1. The molecular weight excluding hydrogens is 850 g/mol. The second-order valence-electron chi connectivity index (χ2n) is 15.3. The summed E-state index contributed by atoms with van der Waals surface area (Å²) >= 11 is 1.79. The van der Waals surface area contributed by atoms with Crippen LogP contribution in [0.4, 0.5) is 15.4 Å². The zero-order valence-electron chi connectivity index (χ0n) is 33.1. The third kappa shape index (κ3) is 9.36. The van der Waals surface area contributed by atoms with E-state index in [-0.39, 0.29) is 78.2 Å². The van der Waals surface area contributed by atoms with Crippen LogP contribution >= 0.6 is 19.6 Å². The number of hydrogen-bond acceptors (Lipinski definition) is 16. The second kappa shape index (κ2) is 18.6. The van der Waals surface area contributed by atoms with E-state index in [1.54, 1.807) is 11.8 Å². The number of phosphoric acid groups is 1. The molecule has 9 atom stereocenters. The summed E-state index contributed by atoms with van der Waals surface area (Å²) in [6, 6.07) is 13.9. The minimum absolute atomic E-state index is 0.0649. The molecule has 0 saturated carbocycles. The van der Waals surface area contributed by atoms with Gasteiger partial charge >= 0.3 is 25.9 Å². The van der Waals surface area contributed by atoms with Crippen molar-refractivity contribution in [2.24, 2.45) is 0 Å². The van der Waals surface area contributed by atoms with Crippen molar-refractivity contribution in [2.45, 2.75) is 85.9 Å². The molecule has 9 N–H and O–H groups in total. The minimum atomic E-state index is -5.25. The van der Waals surface area contributed by atoms with E-state index < -0.39 is 57.1 Å². The van der Waals surface area contributed by atoms with Gasteiger partial charge in [0.2, 0.25) is 5.91 Å². The van der Waals surface area contributed by atoms with E-state index in [9.17, 15) is 38.8 Å². The Labute approximate surface area is 358 Å². The first-order valence-electron chi connectivity index (χ1n) is 20.1. The van der Waals surface area contributed by atoms with Crippen LogP contribution in [0.3, 0.4) is 0 Å². The van der Waals surface area contributed by atoms with Gasteiger partial charge in [0.25, 0.3) is 0 Å². The van der Waals surface area contributed by atoms with Gasteiger partial charge in [-0.05, 0) is 41.5 Å². The summed E-state index contributed by atoms with van der Waals surface area (Å²) in [6.45, 7) is -1.03.